The van der Waals surface area contributed by atoms with E-state index >= 15 is 0 Å². The monoisotopic (exact) mass is 405 g/mol. The van der Waals surface area contributed by atoms with Gasteiger partial charge in [0.2, 0.25) is 0 Å². The van der Waals surface area contributed by atoms with Gasteiger partial charge in [0.25, 0.3) is 5.91 Å². The summed E-state index contributed by atoms with van der Waals surface area (Å²) in [5.41, 5.74) is 1.87. The Balaban J connectivity index is 1.65. The average Bonchev–Trinajstić information content (AvgIpc) is 3.44. The summed E-state index contributed by atoms with van der Waals surface area (Å²) in [5, 5.41) is 16.7. The summed E-state index contributed by atoms with van der Waals surface area (Å²) in [6, 6.07) is 19.2. The van der Waals surface area contributed by atoms with Gasteiger partial charge in [-0.25, -0.2) is 4.39 Å². The zero-order valence-corrected chi connectivity index (χ0v) is 16.0. The van der Waals surface area contributed by atoms with Gasteiger partial charge in [0.05, 0.1) is 0 Å². The molecular weight excluding hydrogens is 389 g/mol. The number of amides is 1. The van der Waals surface area contributed by atoms with E-state index in [0.717, 1.165) is 16.0 Å². The number of tetrazole rings is 1. The van der Waals surface area contributed by atoms with Crippen LogP contribution in [0.3, 0.4) is 0 Å². The molecule has 29 heavy (non-hydrogen) atoms. The van der Waals surface area contributed by atoms with Crippen molar-refractivity contribution in [1.82, 2.24) is 25.5 Å². The quantitative estimate of drug-likeness (QED) is 0.495. The molecule has 0 aliphatic rings. The predicted molar refractivity (Wildman–Crippen MR) is 110 cm³/mol. The molecule has 0 radical (unpaired) electrons. The van der Waals surface area contributed by atoms with E-state index in [1.165, 1.54) is 28.2 Å². The Morgan fingerprint density at radius 1 is 1.07 bits per heavy atom. The highest BCUT2D eigenvalue weighted by molar-refractivity contribution is 7.10. The summed E-state index contributed by atoms with van der Waals surface area (Å²) in [5.74, 6) is -0.197. The minimum Gasteiger partial charge on any atom is -0.347 e. The second-order valence-electron chi connectivity index (χ2n) is 6.13. The van der Waals surface area contributed by atoms with Crippen molar-refractivity contribution in [3.05, 3.63) is 88.4 Å². The van der Waals surface area contributed by atoms with Gasteiger partial charge in [-0.05, 0) is 45.6 Å². The summed E-state index contributed by atoms with van der Waals surface area (Å²) in [6.07, 6.45) is 1.74. The lowest BCUT2D eigenvalue weighted by atomic mass is 10.2. The van der Waals surface area contributed by atoms with E-state index in [2.05, 4.69) is 20.8 Å². The van der Waals surface area contributed by atoms with Gasteiger partial charge >= 0.3 is 0 Å². The topological polar surface area (TPSA) is 72.7 Å². The van der Waals surface area contributed by atoms with Crippen molar-refractivity contribution < 1.29 is 9.18 Å². The first-order valence-corrected chi connectivity index (χ1v) is 9.71. The Bertz CT molecular complexity index is 1120. The highest BCUT2D eigenvalue weighted by atomic mass is 32.1. The molecule has 2 heterocycles. The van der Waals surface area contributed by atoms with Crippen LogP contribution < -0.4 is 5.32 Å². The van der Waals surface area contributed by atoms with Gasteiger partial charge in [-0.1, -0.05) is 48.5 Å². The van der Waals surface area contributed by atoms with Crippen LogP contribution in [0.5, 0.6) is 0 Å². The molecule has 8 heteroatoms. The summed E-state index contributed by atoms with van der Waals surface area (Å²) >= 11 is 1.50. The molecule has 0 spiro atoms. The number of carbonyl (C=O) groups is 1. The number of halogens is 1. The largest absolute Gasteiger partial charge is 0.347 e. The van der Waals surface area contributed by atoms with Crippen molar-refractivity contribution in [1.29, 1.82) is 0 Å². The Hall–Kier alpha value is -3.65. The summed E-state index contributed by atoms with van der Waals surface area (Å²) < 4.78 is 14.5. The van der Waals surface area contributed by atoms with Crippen LogP contribution in [0.2, 0.25) is 0 Å². The molecule has 0 saturated heterocycles. The van der Waals surface area contributed by atoms with E-state index in [0.29, 0.717) is 11.5 Å². The fourth-order valence-corrected chi connectivity index (χ4v) is 3.37. The molecule has 0 atom stereocenters. The molecule has 0 aliphatic heterocycles. The lowest BCUT2D eigenvalue weighted by Gasteiger charge is -2.11. The Morgan fingerprint density at radius 3 is 2.59 bits per heavy atom. The second kappa shape index (κ2) is 8.57. The molecular formula is C21H16FN5OS. The highest BCUT2D eigenvalue weighted by Gasteiger charge is 2.19. The van der Waals surface area contributed by atoms with Crippen LogP contribution in [-0.2, 0) is 11.3 Å². The van der Waals surface area contributed by atoms with E-state index in [1.807, 2.05) is 47.8 Å². The molecule has 2 aromatic heterocycles. The summed E-state index contributed by atoms with van der Waals surface area (Å²) in [6.45, 7) is 0.254. The third-order valence-corrected chi connectivity index (χ3v) is 4.97. The Morgan fingerprint density at radius 2 is 1.86 bits per heavy atom. The number of nitrogens with one attached hydrogen (secondary N) is 1. The van der Waals surface area contributed by atoms with Gasteiger partial charge in [-0.15, -0.1) is 16.4 Å². The van der Waals surface area contributed by atoms with Crippen molar-refractivity contribution >= 4 is 29.0 Å². The van der Waals surface area contributed by atoms with Crippen LogP contribution in [0, 0.1) is 5.82 Å². The standard InChI is InChI=1S/C21H16FN5OS/c22-17-10-8-15(9-11-17)14-23-21(28)19(13-18-7-4-12-29-18)27-20(24-25-26-27)16-5-2-1-3-6-16/h1-13H,14H2,(H,23,28). The number of hydrogen-bond acceptors (Lipinski definition) is 5. The first kappa shape index (κ1) is 18.7. The summed E-state index contributed by atoms with van der Waals surface area (Å²) in [7, 11) is 0. The molecule has 0 aliphatic carbocycles. The lowest BCUT2D eigenvalue weighted by molar-refractivity contribution is -0.116. The first-order valence-electron chi connectivity index (χ1n) is 8.83. The zero-order valence-electron chi connectivity index (χ0n) is 15.2. The predicted octanol–water partition coefficient (Wildman–Crippen LogP) is 3.86. The third kappa shape index (κ3) is 4.44. The van der Waals surface area contributed by atoms with Crippen LogP contribution in [0.4, 0.5) is 4.39 Å². The number of thiophene rings is 1. The molecule has 2 aromatic carbocycles. The maximum Gasteiger partial charge on any atom is 0.270 e. The number of hydrogen-bond donors (Lipinski definition) is 1. The molecule has 0 fully saturated rings. The van der Waals surface area contributed by atoms with Crippen LogP contribution in [-0.4, -0.2) is 26.1 Å². The van der Waals surface area contributed by atoms with Crippen LogP contribution >= 0.6 is 11.3 Å². The molecule has 4 rings (SSSR count). The molecule has 1 amide bonds. The molecule has 1 N–H and O–H groups in total. The number of benzene rings is 2. The highest BCUT2D eigenvalue weighted by Crippen LogP contribution is 2.22. The maximum absolute atomic E-state index is 13.1. The fourth-order valence-electron chi connectivity index (χ4n) is 2.72. The van der Waals surface area contributed by atoms with E-state index < -0.39 is 0 Å². The fraction of sp³-hybridized carbons (Fsp3) is 0.0476. The van der Waals surface area contributed by atoms with E-state index in [1.54, 1.807) is 18.2 Å². The van der Waals surface area contributed by atoms with Gasteiger partial charge in [0.1, 0.15) is 11.5 Å². The van der Waals surface area contributed by atoms with Crippen molar-refractivity contribution in [2.75, 3.05) is 0 Å². The number of nitrogens with zero attached hydrogens (tertiary/aromatic N) is 4. The minimum absolute atomic E-state index is 0.254. The molecule has 4 aromatic rings. The van der Waals surface area contributed by atoms with Gasteiger partial charge < -0.3 is 5.32 Å². The second-order valence-corrected chi connectivity index (χ2v) is 7.11. The maximum atomic E-state index is 13.1. The first-order chi connectivity index (χ1) is 14.2. The van der Waals surface area contributed by atoms with Crippen molar-refractivity contribution in [2.45, 2.75) is 6.54 Å². The summed E-state index contributed by atoms with van der Waals surface area (Å²) in [4.78, 5) is 13.9. The average molecular weight is 405 g/mol. The molecule has 6 nitrogen and oxygen atoms in total. The normalized spacial score (nSPS) is 11.4. The SMILES string of the molecule is O=C(NCc1ccc(F)cc1)C(=Cc1cccs1)n1nnnc1-c1ccccc1. The van der Waals surface area contributed by atoms with Crippen molar-refractivity contribution in [2.24, 2.45) is 0 Å². The van der Waals surface area contributed by atoms with Crippen LogP contribution in [0.1, 0.15) is 10.4 Å². The van der Waals surface area contributed by atoms with Crippen molar-refractivity contribution in [3.63, 3.8) is 0 Å². The van der Waals surface area contributed by atoms with E-state index in [9.17, 15) is 9.18 Å². The van der Waals surface area contributed by atoms with Gasteiger partial charge in [-0.2, -0.15) is 4.68 Å². The molecule has 0 saturated carbocycles. The number of carbonyl (C=O) groups excluding carboxylic acids is 1. The van der Waals surface area contributed by atoms with Crippen molar-refractivity contribution in [3.8, 4) is 11.4 Å². The smallest absolute Gasteiger partial charge is 0.270 e. The van der Waals surface area contributed by atoms with Gasteiger partial charge in [0, 0.05) is 17.0 Å². The number of rotatable bonds is 6. The molecule has 0 unspecified atom stereocenters. The lowest BCUT2D eigenvalue weighted by Crippen LogP contribution is -2.27. The molecule has 0 bridgehead atoms. The van der Waals surface area contributed by atoms with Gasteiger partial charge in [0.15, 0.2) is 5.82 Å². The minimum atomic E-state index is -0.341. The van der Waals surface area contributed by atoms with E-state index in [4.69, 9.17) is 0 Å². The Labute approximate surface area is 170 Å². The Kier molecular flexibility index (Phi) is 5.53. The number of aromatic nitrogens is 4. The van der Waals surface area contributed by atoms with Crippen LogP contribution in [0.15, 0.2) is 72.1 Å². The van der Waals surface area contributed by atoms with E-state index in [-0.39, 0.29) is 18.3 Å². The third-order valence-electron chi connectivity index (χ3n) is 4.15. The zero-order chi connectivity index (χ0) is 20.1. The van der Waals surface area contributed by atoms with Gasteiger partial charge in [-0.3, -0.25) is 4.79 Å². The van der Waals surface area contributed by atoms with Crippen LogP contribution in [0.25, 0.3) is 23.2 Å². The molecule has 144 valence electrons.